The van der Waals surface area contributed by atoms with Crippen LogP contribution in [0.15, 0.2) is 42.5 Å². The fraction of sp³-hybridized carbons (Fsp3) is 0.531. The first-order chi connectivity index (χ1) is 18.9. The first-order valence-electron chi connectivity index (χ1n) is 14.2. The molecular weight excluding hydrogens is 522 g/mol. The number of carbonyl (C=O) groups excluding carboxylic acids is 3. The molecule has 7 nitrogen and oxygen atoms in total. The molecule has 2 atom stereocenters. The lowest BCUT2D eigenvalue weighted by Crippen LogP contribution is -2.52. The van der Waals surface area contributed by atoms with Crippen LogP contribution in [-0.4, -0.2) is 53.0 Å². The Hall–Kier alpha value is -3.00. The third-order valence-electron chi connectivity index (χ3n) is 6.63. The van der Waals surface area contributed by atoms with Crippen LogP contribution in [-0.2, 0) is 20.7 Å². The highest BCUT2D eigenvalue weighted by Crippen LogP contribution is 2.28. The monoisotopic (exact) mass is 569 g/mol. The third-order valence-corrected chi connectivity index (χ3v) is 7.27. The minimum atomic E-state index is -0.874. The van der Waals surface area contributed by atoms with E-state index in [1.54, 1.807) is 37.4 Å². The van der Waals surface area contributed by atoms with E-state index in [1.165, 1.54) is 0 Å². The number of hydrogen-bond acceptors (Lipinski definition) is 5. The quantitative estimate of drug-likeness (QED) is 0.276. The molecule has 2 aromatic carbocycles. The number of thioether (sulfide) groups is 1. The van der Waals surface area contributed by atoms with Crippen molar-refractivity contribution < 1.29 is 19.1 Å². The molecule has 2 unspecified atom stereocenters. The largest absolute Gasteiger partial charge is 0.444 e. The van der Waals surface area contributed by atoms with Gasteiger partial charge in [0.25, 0.3) is 5.91 Å². The van der Waals surface area contributed by atoms with Gasteiger partial charge >= 0.3 is 6.09 Å². The van der Waals surface area contributed by atoms with Gasteiger partial charge in [-0.3, -0.25) is 9.59 Å². The lowest BCUT2D eigenvalue weighted by atomic mass is 9.99. The summed E-state index contributed by atoms with van der Waals surface area (Å²) in [5.74, 6) is 0.0831. The summed E-state index contributed by atoms with van der Waals surface area (Å²) >= 11 is 1.60. The Bertz CT molecular complexity index is 1110. The van der Waals surface area contributed by atoms with Crippen molar-refractivity contribution in [2.24, 2.45) is 0 Å². The molecular formula is C32H47N3O4S. The Kier molecular flexibility index (Phi) is 13.0. The summed E-state index contributed by atoms with van der Waals surface area (Å²) in [5.41, 5.74) is 3.82. The van der Waals surface area contributed by atoms with Crippen LogP contribution in [0, 0.1) is 13.8 Å². The number of carbonyl (C=O) groups is 3. The molecule has 3 amide bonds. The van der Waals surface area contributed by atoms with E-state index in [1.807, 2.05) is 62.6 Å². The second-order valence-corrected chi connectivity index (χ2v) is 12.1. The highest BCUT2D eigenvalue weighted by molar-refractivity contribution is 7.98. The average molecular weight is 570 g/mol. The summed E-state index contributed by atoms with van der Waals surface area (Å²) in [4.78, 5) is 42.7. The van der Waals surface area contributed by atoms with Gasteiger partial charge in [0.2, 0.25) is 5.91 Å². The van der Waals surface area contributed by atoms with Crippen molar-refractivity contribution in [3.63, 3.8) is 0 Å². The molecule has 220 valence electrons. The van der Waals surface area contributed by atoms with Crippen molar-refractivity contribution in [2.75, 3.05) is 23.9 Å². The molecule has 0 heterocycles. The van der Waals surface area contributed by atoms with Crippen molar-refractivity contribution in [3.05, 3.63) is 64.7 Å². The lowest BCUT2D eigenvalue weighted by Gasteiger charge is -2.35. The number of alkyl carbamates (subject to hydrolysis) is 1. The Balaban J connectivity index is 2.56. The van der Waals surface area contributed by atoms with E-state index in [9.17, 15) is 14.4 Å². The van der Waals surface area contributed by atoms with Gasteiger partial charge in [0, 0.05) is 12.2 Å². The van der Waals surface area contributed by atoms with Crippen LogP contribution in [0.5, 0.6) is 0 Å². The molecule has 0 saturated carbocycles. The highest BCUT2D eigenvalue weighted by atomic mass is 32.2. The normalized spacial score (nSPS) is 12.8. The van der Waals surface area contributed by atoms with Gasteiger partial charge in [-0.25, -0.2) is 4.79 Å². The number of rotatable bonds is 13. The number of unbranched alkanes of at least 4 members (excludes halogenated alkanes) is 1. The molecule has 0 aromatic heterocycles. The fourth-order valence-corrected chi connectivity index (χ4v) is 4.92. The van der Waals surface area contributed by atoms with Crippen molar-refractivity contribution in [3.8, 4) is 0 Å². The molecule has 40 heavy (non-hydrogen) atoms. The second-order valence-electron chi connectivity index (χ2n) is 11.1. The first kappa shape index (κ1) is 33.2. The number of ether oxygens (including phenoxy) is 1. The molecule has 0 saturated heterocycles. The number of benzene rings is 2. The van der Waals surface area contributed by atoms with Crippen LogP contribution in [0.2, 0.25) is 0 Å². The van der Waals surface area contributed by atoms with Crippen LogP contribution < -0.4 is 10.6 Å². The minimum Gasteiger partial charge on any atom is -0.444 e. The van der Waals surface area contributed by atoms with E-state index in [0.29, 0.717) is 25.1 Å². The molecule has 2 aromatic rings. The number of anilines is 1. The van der Waals surface area contributed by atoms with Crippen molar-refractivity contribution in [1.29, 1.82) is 0 Å². The number of para-hydroxylation sites is 1. The van der Waals surface area contributed by atoms with Gasteiger partial charge in [0.1, 0.15) is 17.7 Å². The number of hydrogen-bond donors (Lipinski definition) is 2. The molecule has 0 aliphatic heterocycles. The van der Waals surface area contributed by atoms with E-state index < -0.39 is 23.8 Å². The Morgan fingerprint density at radius 2 is 1.62 bits per heavy atom. The average Bonchev–Trinajstić information content (AvgIpc) is 2.89. The summed E-state index contributed by atoms with van der Waals surface area (Å²) in [6, 6.07) is 12.0. The fourth-order valence-electron chi connectivity index (χ4n) is 4.45. The molecule has 0 fully saturated rings. The maximum Gasteiger partial charge on any atom is 0.408 e. The van der Waals surface area contributed by atoms with Crippen LogP contribution >= 0.6 is 11.8 Å². The van der Waals surface area contributed by atoms with Gasteiger partial charge in [-0.1, -0.05) is 62.7 Å². The molecule has 0 radical (unpaired) electrons. The molecule has 8 heteroatoms. The zero-order valence-electron chi connectivity index (χ0n) is 25.4. The highest BCUT2D eigenvalue weighted by Gasteiger charge is 2.36. The van der Waals surface area contributed by atoms with Crippen molar-refractivity contribution in [2.45, 2.75) is 91.8 Å². The Morgan fingerprint density at radius 1 is 1.00 bits per heavy atom. The third kappa shape index (κ3) is 9.88. The number of amides is 3. The molecule has 0 spiro atoms. The lowest BCUT2D eigenvalue weighted by molar-refractivity contribution is -0.141. The van der Waals surface area contributed by atoms with Gasteiger partial charge in [-0.15, -0.1) is 0 Å². The SMILES string of the molecule is CCCCN(C(=O)C(CCSC)NC(=O)OC(C)(C)C)C(C(=O)Nc1c(C)cccc1C)c1ccc(CC)cc1. The van der Waals surface area contributed by atoms with Crippen molar-refractivity contribution in [1.82, 2.24) is 10.2 Å². The number of aryl methyl sites for hydroxylation is 3. The predicted octanol–water partition coefficient (Wildman–Crippen LogP) is 6.82. The smallest absolute Gasteiger partial charge is 0.408 e. The van der Waals surface area contributed by atoms with Gasteiger partial charge < -0.3 is 20.3 Å². The number of nitrogens with zero attached hydrogens (tertiary/aromatic N) is 1. The molecule has 0 bridgehead atoms. The standard InChI is InChI=1S/C32H47N3O4S/c1-9-11-20-35(30(37)26(19-21-40-8)33-31(38)39-32(5,6)7)28(25-17-15-24(10-2)16-18-25)29(36)34-27-22(3)13-12-14-23(27)4/h12-18,26,28H,9-11,19-21H2,1-8H3,(H,33,38)(H,34,36). The predicted molar refractivity (Wildman–Crippen MR) is 166 cm³/mol. The summed E-state index contributed by atoms with van der Waals surface area (Å²) in [6.07, 6.45) is 4.16. The van der Waals surface area contributed by atoms with Gasteiger partial charge in [-0.05, 0) is 88.1 Å². The van der Waals surface area contributed by atoms with Crippen LogP contribution in [0.25, 0.3) is 0 Å². The molecule has 0 aliphatic rings. The summed E-state index contributed by atoms with van der Waals surface area (Å²) < 4.78 is 5.48. The Labute approximate surface area is 244 Å². The second kappa shape index (κ2) is 15.7. The molecule has 0 aliphatic carbocycles. The maximum atomic E-state index is 14.3. The first-order valence-corrected chi connectivity index (χ1v) is 15.6. The van der Waals surface area contributed by atoms with Gasteiger partial charge in [0.15, 0.2) is 0 Å². The van der Waals surface area contributed by atoms with E-state index in [0.717, 1.165) is 40.8 Å². The topological polar surface area (TPSA) is 87.7 Å². The molecule has 2 rings (SSSR count). The van der Waals surface area contributed by atoms with E-state index >= 15 is 0 Å². The maximum absolute atomic E-state index is 14.3. The molecule has 2 N–H and O–H groups in total. The number of nitrogens with one attached hydrogen (secondary N) is 2. The Morgan fingerprint density at radius 3 is 2.15 bits per heavy atom. The van der Waals surface area contributed by atoms with Crippen LogP contribution in [0.3, 0.4) is 0 Å². The van der Waals surface area contributed by atoms with Gasteiger partial charge in [0.05, 0.1) is 0 Å². The summed E-state index contributed by atoms with van der Waals surface area (Å²) in [6.45, 7) is 13.8. The van der Waals surface area contributed by atoms with Crippen molar-refractivity contribution >= 4 is 35.4 Å². The van der Waals surface area contributed by atoms with Gasteiger partial charge in [-0.2, -0.15) is 11.8 Å². The summed E-state index contributed by atoms with van der Waals surface area (Å²) in [5, 5.41) is 5.92. The summed E-state index contributed by atoms with van der Waals surface area (Å²) in [7, 11) is 0. The van der Waals surface area contributed by atoms with Crippen LogP contribution in [0.4, 0.5) is 10.5 Å². The van der Waals surface area contributed by atoms with E-state index in [2.05, 4.69) is 24.5 Å². The minimum absolute atomic E-state index is 0.285. The van der Waals surface area contributed by atoms with E-state index in [4.69, 9.17) is 4.74 Å². The zero-order valence-corrected chi connectivity index (χ0v) is 26.2. The zero-order chi connectivity index (χ0) is 29.9. The van der Waals surface area contributed by atoms with E-state index in [-0.39, 0.29) is 11.8 Å². The van der Waals surface area contributed by atoms with Crippen LogP contribution in [0.1, 0.15) is 82.2 Å².